The summed E-state index contributed by atoms with van der Waals surface area (Å²) in [6, 6.07) is 7.31. The van der Waals surface area contributed by atoms with Crippen LogP contribution in [-0.2, 0) is 0 Å². The fourth-order valence-corrected chi connectivity index (χ4v) is 2.41. The summed E-state index contributed by atoms with van der Waals surface area (Å²) in [5, 5.41) is 12.1. The van der Waals surface area contributed by atoms with E-state index < -0.39 is 0 Å². The van der Waals surface area contributed by atoms with E-state index in [4.69, 9.17) is 5.11 Å². The predicted octanol–water partition coefficient (Wildman–Crippen LogP) is 3.37. The van der Waals surface area contributed by atoms with Gasteiger partial charge in [0, 0.05) is 23.2 Å². The van der Waals surface area contributed by atoms with Crippen molar-refractivity contribution in [2.45, 2.75) is 33.1 Å². The number of aliphatic hydroxyl groups excluding tert-OH is 1. The van der Waals surface area contributed by atoms with Crippen LogP contribution in [0.2, 0.25) is 0 Å². The molecule has 0 radical (unpaired) electrons. The van der Waals surface area contributed by atoms with Crippen LogP contribution in [0.25, 0.3) is 0 Å². The predicted molar refractivity (Wildman–Crippen MR) is 81.2 cm³/mol. The molecule has 0 unspecified atom stereocenters. The largest absolute Gasteiger partial charge is 0.396 e. The Morgan fingerprint density at radius 1 is 1.26 bits per heavy atom. The molecule has 19 heavy (non-hydrogen) atoms. The molecule has 106 valence electrons. The second-order valence-electron chi connectivity index (χ2n) is 4.87. The standard InChI is InChI=1S/C15H22BrNO2/c1-3-15(4-2,9-10-18)11-17-14(19)12-5-7-13(16)8-6-12/h5-8,18H,3-4,9-11H2,1-2H3,(H,17,19). The summed E-state index contributed by atoms with van der Waals surface area (Å²) in [4.78, 5) is 12.0. The summed E-state index contributed by atoms with van der Waals surface area (Å²) in [6.45, 7) is 4.97. The first-order valence-corrected chi connectivity index (χ1v) is 7.51. The molecule has 0 spiro atoms. The van der Waals surface area contributed by atoms with Crippen LogP contribution in [0.3, 0.4) is 0 Å². The van der Waals surface area contributed by atoms with Crippen molar-refractivity contribution in [3.63, 3.8) is 0 Å². The summed E-state index contributed by atoms with van der Waals surface area (Å²) in [5.74, 6) is -0.0586. The molecule has 0 saturated heterocycles. The third-order valence-electron chi connectivity index (χ3n) is 3.87. The summed E-state index contributed by atoms with van der Waals surface area (Å²) < 4.78 is 0.959. The molecule has 4 heteroatoms. The van der Waals surface area contributed by atoms with Crippen LogP contribution < -0.4 is 5.32 Å². The van der Waals surface area contributed by atoms with Crippen molar-refractivity contribution in [2.24, 2.45) is 5.41 Å². The van der Waals surface area contributed by atoms with Gasteiger partial charge in [0.1, 0.15) is 0 Å². The average Bonchev–Trinajstić information content (AvgIpc) is 2.44. The number of hydrogen-bond donors (Lipinski definition) is 2. The van der Waals surface area contributed by atoms with Gasteiger partial charge >= 0.3 is 0 Å². The SMILES string of the molecule is CCC(CC)(CCO)CNC(=O)c1ccc(Br)cc1. The number of halogens is 1. The van der Waals surface area contributed by atoms with E-state index in [-0.39, 0.29) is 17.9 Å². The fraction of sp³-hybridized carbons (Fsp3) is 0.533. The highest BCUT2D eigenvalue weighted by Crippen LogP contribution is 2.29. The highest BCUT2D eigenvalue weighted by molar-refractivity contribution is 9.10. The number of amides is 1. The van der Waals surface area contributed by atoms with E-state index in [0.29, 0.717) is 12.1 Å². The highest BCUT2D eigenvalue weighted by atomic mass is 79.9. The Morgan fingerprint density at radius 2 is 1.84 bits per heavy atom. The minimum absolute atomic E-state index is 0.000225. The van der Waals surface area contributed by atoms with Gasteiger partial charge in [0.05, 0.1) is 0 Å². The second-order valence-corrected chi connectivity index (χ2v) is 5.79. The van der Waals surface area contributed by atoms with Gasteiger partial charge in [0.15, 0.2) is 0 Å². The van der Waals surface area contributed by atoms with E-state index in [1.54, 1.807) is 12.1 Å². The molecular weight excluding hydrogens is 306 g/mol. The first-order valence-electron chi connectivity index (χ1n) is 6.71. The van der Waals surface area contributed by atoms with Crippen LogP contribution in [0, 0.1) is 5.41 Å². The van der Waals surface area contributed by atoms with Crippen molar-refractivity contribution >= 4 is 21.8 Å². The van der Waals surface area contributed by atoms with E-state index >= 15 is 0 Å². The van der Waals surface area contributed by atoms with E-state index in [1.165, 1.54) is 0 Å². The van der Waals surface area contributed by atoms with Crippen molar-refractivity contribution in [3.05, 3.63) is 34.3 Å². The van der Waals surface area contributed by atoms with Crippen molar-refractivity contribution in [2.75, 3.05) is 13.2 Å². The van der Waals surface area contributed by atoms with Crippen molar-refractivity contribution in [3.8, 4) is 0 Å². The molecule has 0 bridgehead atoms. The van der Waals surface area contributed by atoms with Gasteiger partial charge in [-0.15, -0.1) is 0 Å². The number of hydrogen-bond acceptors (Lipinski definition) is 2. The zero-order chi connectivity index (χ0) is 14.3. The Labute approximate surface area is 123 Å². The lowest BCUT2D eigenvalue weighted by Crippen LogP contribution is -2.37. The zero-order valence-corrected chi connectivity index (χ0v) is 13.2. The zero-order valence-electron chi connectivity index (χ0n) is 11.6. The smallest absolute Gasteiger partial charge is 0.251 e. The summed E-state index contributed by atoms with van der Waals surface area (Å²) in [7, 11) is 0. The first-order chi connectivity index (χ1) is 9.06. The molecular formula is C15H22BrNO2. The molecule has 2 N–H and O–H groups in total. The maximum Gasteiger partial charge on any atom is 0.251 e. The van der Waals surface area contributed by atoms with E-state index in [1.807, 2.05) is 12.1 Å². The molecule has 0 aliphatic heterocycles. The third kappa shape index (κ3) is 4.62. The first kappa shape index (κ1) is 16.2. The van der Waals surface area contributed by atoms with Crippen LogP contribution in [0.4, 0.5) is 0 Å². The Bertz CT molecular complexity index is 399. The maximum absolute atomic E-state index is 12.0. The molecule has 0 aromatic heterocycles. The third-order valence-corrected chi connectivity index (χ3v) is 4.40. The number of nitrogens with one attached hydrogen (secondary N) is 1. The summed E-state index contributed by atoms with van der Waals surface area (Å²) in [6.07, 6.45) is 2.62. The topological polar surface area (TPSA) is 49.3 Å². The van der Waals surface area contributed by atoms with Crippen LogP contribution in [0.1, 0.15) is 43.5 Å². The molecule has 1 rings (SSSR count). The Morgan fingerprint density at radius 3 is 2.32 bits per heavy atom. The van der Waals surface area contributed by atoms with Crippen molar-refractivity contribution in [1.82, 2.24) is 5.32 Å². The van der Waals surface area contributed by atoms with Gasteiger partial charge in [-0.05, 0) is 48.9 Å². The van der Waals surface area contributed by atoms with Gasteiger partial charge in [0.2, 0.25) is 0 Å². The molecule has 0 heterocycles. The van der Waals surface area contributed by atoms with Crippen LogP contribution in [-0.4, -0.2) is 24.2 Å². The van der Waals surface area contributed by atoms with Gasteiger partial charge in [-0.2, -0.15) is 0 Å². The van der Waals surface area contributed by atoms with Gasteiger partial charge in [-0.3, -0.25) is 4.79 Å². The molecule has 1 aromatic carbocycles. The van der Waals surface area contributed by atoms with Crippen molar-refractivity contribution < 1.29 is 9.90 Å². The number of aliphatic hydroxyl groups is 1. The number of carbonyl (C=O) groups excluding carboxylic acids is 1. The lowest BCUT2D eigenvalue weighted by Gasteiger charge is -2.31. The molecule has 1 amide bonds. The summed E-state index contributed by atoms with van der Waals surface area (Å²) in [5.41, 5.74) is 0.660. The van der Waals surface area contributed by atoms with Crippen LogP contribution in [0.5, 0.6) is 0 Å². The van der Waals surface area contributed by atoms with E-state index in [9.17, 15) is 4.79 Å². The van der Waals surface area contributed by atoms with Gasteiger partial charge < -0.3 is 10.4 Å². The molecule has 0 aliphatic rings. The number of benzene rings is 1. The summed E-state index contributed by atoms with van der Waals surface area (Å²) >= 11 is 3.35. The van der Waals surface area contributed by atoms with Crippen LogP contribution in [0.15, 0.2) is 28.7 Å². The maximum atomic E-state index is 12.0. The minimum Gasteiger partial charge on any atom is -0.396 e. The second kappa shape index (κ2) is 7.65. The van der Waals surface area contributed by atoms with Gasteiger partial charge in [-0.1, -0.05) is 29.8 Å². The number of carbonyl (C=O) groups is 1. The van der Waals surface area contributed by atoms with Gasteiger partial charge in [0.25, 0.3) is 5.91 Å². The Kier molecular flexibility index (Phi) is 6.52. The van der Waals surface area contributed by atoms with Crippen molar-refractivity contribution in [1.29, 1.82) is 0 Å². The molecule has 0 aliphatic carbocycles. The Balaban J connectivity index is 2.64. The molecule has 3 nitrogen and oxygen atoms in total. The van der Waals surface area contributed by atoms with E-state index in [2.05, 4.69) is 35.1 Å². The lowest BCUT2D eigenvalue weighted by molar-refractivity contribution is 0.0907. The number of rotatable bonds is 7. The molecule has 0 atom stereocenters. The van der Waals surface area contributed by atoms with Crippen LogP contribution >= 0.6 is 15.9 Å². The monoisotopic (exact) mass is 327 g/mol. The average molecular weight is 328 g/mol. The normalized spacial score (nSPS) is 11.4. The Hall–Kier alpha value is -0.870. The van der Waals surface area contributed by atoms with E-state index in [0.717, 1.165) is 23.7 Å². The lowest BCUT2D eigenvalue weighted by atomic mass is 9.79. The molecule has 1 aromatic rings. The quantitative estimate of drug-likeness (QED) is 0.806. The van der Waals surface area contributed by atoms with Gasteiger partial charge in [-0.25, -0.2) is 0 Å². The molecule has 0 fully saturated rings. The molecule has 0 saturated carbocycles. The minimum atomic E-state index is -0.0586. The fourth-order valence-electron chi connectivity index (χ4n) is 2.15. The highest BCUT2D eigenvalue weighted by Gasteiger charge is 2.26.